The van der Waals surface area contributed by atoms with Crippen molar-refractivity contribution in [2.75, 3.05) is 12.0 Å². The molecule has 1 amide bonds. The lowest BCUT2D eigenvalue weighted by atomic mass is 10.1. The summed E-state index contributed by atoms with van der Waals surface area (Å²) in [7, 11) is 0. The molecule has 0 bridgehead atoms. The molecule has 2 N–H and O–H groups in total. The van der Waals surface area contributed by atoms with Crippen LogP contribution in [-0.4, -0.2) is 34.2 Å². The van der Waals surface area contributed by atoms with E-state index in [1.165, 1.54) is 4.91 Å². The highest BCUT2D eigenvalue weighted by Gasteiger charge is 2.48. The van der Waals surface area contributed by atoms with Gasteiger partial charge >= 0.3 is 0 Å². The van der Waals surface area contributed by atoms with E-state index in [4.69, 9.17) is 5.73 Å². The highest BCUT2D eigenvalue weighted by Crippen LogP contribution is 2.41. The minimum atomic E-state index is -0.275. The number of nitrogens with zero attached hydrogens (tertiary/aromatic N) is 1. The fourth-order valence-electron chi connectivity index (χ4n) is 1.63. The molecule has 1 saturated heterocycles. The van der Waals surface area contributed by atoms with Gasteiger partial charge in [-0.25, -0.2) is 0 Å². The fourth-order valence-corrected chi connectivity index (χ4v) is 3.96. The van der Waals surface area contributed by atoms with E-state index in [1.54, 1.807) is 23.5 Å². The molecule has 2 aliphatic heterocycles. The lowest BCUT2D eigenvalue weighted by Gasteiger charge is -2.48. The summed E-state index contributed by atoms with van der Waals surface area (Å²) >= 11 is 3.48. The Kier molecular flexibility index (Phi) is 2.33. The van der Waals surface area contributed by atoms with E-state index < -0.39 is 0 Å². The lowest BCUT2D eigenvalue weighted by Crippen LogP contribution is -2.67. The molecule has 5 heteroatoms. The molecule has 0 aromatic rings. The summed E-state index contributed by atoms with van der Waals surface area (Å²) in [5.41, 5.74) is 6.78. The van der Waals surface area contributed by atoms with Gasteiger partial charge in [0.2, 0.25) is 5.91 Å². The number of thioether (sulfide) groups is 2. The van der Waals surface area contributed by atoms with Gasteiger partial charge in [0.15, 0.2) is 0 Å². The number of fused-ring (bicyclic) bond motifs is 1. The van der Waals surface area contributed by atoms with Gasteiger partial charge in [0, 0.05) is 16.4 Å². The first kappa shape index (κ1) is 9.43. The number of nitrogens with two attached hydrogens (primary N) is 1. The Bertz CT molecular complexity index is 290. The van der Waals surface area contributed by atoms with Crippen molar-refractivity contribution in [2.24, 2.45) is 5.73 Å². The van der Waals surface area contributed by atoms with Gasteiger partial charge in [0.05, 0.1) is 0 Å². The summed E-state index contributed by atoms with van der Waals surface area (Å²) in [4.78, 5) is 14.5. The van der Waals surface area contributed by atoms with Crippen LogP contribution in [0.5, 0.6) is 0 Å². The molecular weight excluding hydrogens is 204 g/mol. The molecule has 2 rings (SSSR count). The van der Waals surface area contributed by atoms with Gasteiger partial charge in [-0.3, -0.25) is 9.69 Å². The second-order valence-corrected chi connectivity index (χ2v) is 5.15. The zero-order valence-electron chi connectivity index (χ0n) is 7.61. The summed E-state index contributed by atoms with van der Waals surface area (Å²) in [5, 5.41) is 0.198. The zero-order chi connectivity index (χ0) is 9.59. The van der Waals surface area contributed by atoms with Gasteiger partial charge < -0.3 is 5.73 Å². The van der Waals surface area contributed by atoms with Crippen molar-refractivity contribution in [1.29, 1.82) is 0 Å². The van der Waals surface area contributed by atoms with Crippen LogP contribution in [0.2, 0.25) is 0 Å². The smallest absolute Gasteiger partial charge is 0.247 e. The Morgan fingerprint density at radius 3 is 3.00 bits per heavy atom. The van der Waals surface area contributed by atoms with Gasteiger partial charge in [-0.1, -0.05) is 0 Å². The van der Waals surface area contributed by atoms with Gasteiger partial charge in [-0.2, -0.15) is 0 Å². The van der Waals surface area contributed by atoms with Crippen LogP contribution in [0.15, 0.2) is 10.6 Å². The first-order valence-electron chi connectivity index (χ1n) is 4.11. The van der Waals surface area contributed by atoms with Crippen molar-refractivity contribution in [3.05, 3.63) is 10.6 Å². The average Bonchev–Trinajstić information content (AvgIpc) is 2.16. The van der Waals surface area contributed by atoms with Crippen LogP contribution in [-0.2, 0) is 4.79 Å². The van der Waals surface area contributed by atoms with Crippen molar-refractivity contribution in [3.8, 4) is 0 Å². The van der Waals surface area contributed by atoms with Crippen molar-refractivity contribution in [1.82, 2.24) is 4.90 Å². The molecule has 1 fully saturated rings. The molecular formula is C8H12N2OS2. The molecule has 72 valence electrons. The molecule has 0 aromatic heterocycles. The van der Waals surface area contributed by atoms with Crippen LogP contribution < -0.4 is 5.73 Å². The van der Waals surface area contributed by atoms with Gasteiger partial charge in [-0.05, 0) is 13.2 Å². The molecule has 2 unspecified atom stereocenters. The van der Waals surface area contributed by atoms with Crippen molar-refractivity contribution in [2.45, 2.75) is 18.3 Å². The Morgan fingerprint density at radius 2 is 2.38 bits per heavy atom. The van der Waals surface area contributed by atoms with Crippen molar-refractivity contribution < 1.29 is 4.79 Å². The van der Waals surface area contributed by atoms with Crippen molar-refractivity contribution >= 4 is 29.4 Å². The second-order valence-electron chi connectivity index (χ2n) is 3.15. The lowest BCUT2D eigenvalue weighted by molar-refractivity contribution is -0.141. The van der Waals surface area contributed by atoms with Crippen LogP contribution in [0, 0.1) is 0 Å². The van der Waals surface area contributed by atoms with Gasteiger partial charge in [-0.15, -0.1) is 23.5 Å². The number of carbonyl (C=O) groups is 1. The molecule has 0 aromatic carbocycles. The first-order chi connectivity index (χ1) is 6.16. The SMILES string of the molecule is CSC1=C(C)N2C(=O)C(N)C2SC1. The summed E-state index contributed by atoms with van der Waals surface area (Å²) in [5.74, 6) is 1.07. The van der Waals surface area contributed by atoms with E-state index in [-0.39, 0.29) is 17.3 Å². The van der Waals surface area contributed by atoms with E-state index in [0.29, 0.717) is 0 Å². The maximum absolute atomic E-state index is 11.4. The Hall–Kier alpha value is -0.130. The summed E-state index contributed by atoms with van der Waals surface area (Å²) in [6.45, 7) is 2.00. The molecule has 0 radical (unpaired) electrons. The normalized spacial score (nSPS) is 33.2. The number of hydrogen-bond donors (Lipinski definition) is 1. The number of hydrogen-bond acceptors (Lipinski definition) is 4. The van der Waals surface area contributed by atoms with Crippen LogP contribution in [0.1, 0.15) is 6.92 Å². The van der Waals surface area contributed by atoms with E-state index in [2.05, 4.69) is 0 Å². The summed E-state index contributed by atoms with van der Waals surface area (Å²) in [6, 6.07) is -0.275. The molecule has 0 spiro atoms. The van der Waals surface area contributed by atoms with Crippen LogP contribution in [0.4, 0.5) is 0 Å². The maximum Gasteiger partial charge on any atom is 0.247 e. The van der Waals surface area contributed by atoms with Crippen LogP contribution in [0.25, 0.3) is 0 Å². The molecule has 13 heavy (non-hydrogen) atoms. The highest BCUT2D eigenvalue weighted by atomic mass is 32.2. The highest BCUT2D eigenvalue weighted by molar-refractivity contribution is 8.05. The monoisotopic (exact) mass is 216 g/mol. The molecule has 0 aliphatic carbocycles. The first-order valence-corrected chi connectivity index (χ1v) is 6.38. The third kappa shape index (κ3) is 1.21. The predicted molar refractivity (Wildman–Crippen MR) is 57.3 cm³/mol. The number of allylic oxidation sites excluding steroid dienone is 1. The fraction of sp³-hybridized carbons (Fsp3) is 0.625. The number of amides is 1. The Labute approximate surface area is 86.1 Å². The zero-order valence-corrected chi connectivity index (χ0v) is 9.24. The molecule has 2 heterocycles. The number of β-lactam (4-membered cyclic amide) rings is 1. The second kappa shape index (κ2) is 3.22. The molecule has 3 nitrogen and oxygen atoms in total. The van der Waals surface area contributed by atoms with Crippen molar-refractivity contribution in [3.63, 3.8) is 0 Å². The minimum absolute atomic E-state index is 0.0706. The van der Waals surface area contributed by atoms with E-state index >= 15 is 0 Å². The number of carbonyl (C=O) groups excluding carboxylic acids is 1. The third-order valence-electron chi connectivity index (χ3n) is 2.48. The maximum atomic E-state index is 11.4. The van der Waals surface area contributed by atoms with Crippen LogP contribution in [0.3, 0.4) is 0 Å². The Balaban J connectivity index is 2.26. The van der Waals surface area contributed by atoms with Crippen LogP contribution >= 0.6 is 23.5 Å². The van der Waals surface area contributed by atoms with Gasteiger partial charge in [0.25, 0.3) is 0 Å². The Morgan fingerprint density at radius 1 is 1.69 bits per heavy atom. The molecule has 2 atom stereocenters. The van der Waals surface area contributed by atoms with Gasteiger partial charge in [0.1, 0.15) is 11.4 Å². The van der Waals surface area contributed by atoms with E-state index in [1.807, 2.05) is 18.1 Å². The standard InChI is InChI=1S/C8H12N2OS2/c1-4-5(12-2)3-13-8-6(9)7(11)10(4)8/h6,8H,3,9H2,1-2H3. The topological polar surface area (TPSA) is 46.3 Å². The molecule has 0 saturated carbocycles. The summed E-state index contributed by atoms with van der Waals surface area (Å²) in [6.07, 6.45) is 2.05. The average molecular weight is 216 g/mol. The third-order valence-corrected chi connectivity index (χ3v) is 4.90. The minimum Gasteiger partial charge on any atom is -0.317 e. The predicted octanol–water partition coefficient (Wildman–Crippen LogP) is 0.823. The quantitative estimate of drug-likeness (QED) is 0.659. The van der Waals surface area contributed by atoms with E-state index in [9.17, 15) is 4.79 Å². The molecule has 2 aliphatic rings. The van der Waals surface area contributed by atoms with E-state index in [0.717, 1.165) is 11.4 Å². The number of rotatable bonds is 1. The summed E-state index contributed by atoms with van der Waals surface area (Å²) < 4.78 is 0. The largest absolute Gasteiger partial charge is 0.317 e.